The molecule has 0 unspecified atom stereocenters. The van der Waals surface area contributed by atoms with Crippen molar-refractivity contribution in [1.82, 2.24) is 0 Å². The maximum Gasteiger partial charge on any atom is 0.252 e. The fraction of sp³-hybridized carbons (Fsp3) is 0. The Morgan fingerprint density at radius 2 is 0.584 bits per heavy atom. The third-order valence-electron chi connectivity index (χ3n) is 16.0. The van der Waals surface area contributed by atoms with E-state index in [4.69, 9.17) is 0 Å². The Morgan fingerprint density at radius 3 is 1.01 bits per heavy atom. The van der Waals surface area contributed by atoms with E-state index in [0.29, 0.717) is 0 Å². The first kappa shape index (κ1) is 44.5. The summed E-state index contributed by atoms with van der Waals surface area (Å²) in [5.74, 6) is 0. The first-order chi connectivity index (χ1) is 38.2. The molecule has 0 saturated carbocycles. The molecule has 0 fully saturated rings. The topological polar surface area (TPSA) is 6.48 Å². The third kappa shape index (κ3) is 7.35. The van der Waals surface area contributed by atoms with Crippen LogP contribution < -0.4 is 26.2 Å². The molecule has 0 spiro atoms. The van der Waals surface area contributed by atoms with Gasteiger partial charge in [-0.05, 0) is 113 Å². The van der Waals surface area contributed by atoms with Gasteiger partial charge in [-0.15, -0.1) is 0 Å². The molecule has 0 aliphatic carbocycles. The van der Waals surface area contributed by atoms with Crippen molar-refractivity contribution in [2.45, 2.75) is 0 Å². The minimum Gasteiger partial charge on any atom is -0.310 e. The number of nitrogens with zero attached hydrogens (tertiary/aromatic N) is 2. The molecule has 77 heavy (non-hydrogen) atoms. The van der Waals surface area contributed by atoms with Crippen LogP contribution in [0, 0.1) is 0 Å². The molecule has 0 aromatic heterocycles. The van der Waals surface area contributed by atoms with E-state index < -0.39 is 0 Å². The van der Waals surface area contributed by atoms with Crippen LogP contribution in [0.1, 0.15) is 0 Å². The molecule has 2 heterocycles. The zero-order chi connectivity index (χ0) is 50.8. The Balaban J connectivity index is 1.09. The van der Waals surface area contributed by atoms with E-state index in [1.165, 1.54) is 77.0 Å². The van der Waals surface area contributed by atoms with E-state index in [1.54, 1.807) is 0 Å². The Kier molecular flexibility index (Phi) is 10.7. The number of para-hydroxylation sites is 2. The minimum atomic E-state index is -0.116. The zero-order valence-corrected chi connectivity index (χ0v) is 42.3. The highest BCUT2D eigenvalue weighted by atomic mass is 15.2. The standard InChI is InChI=1S/C74H49BN2/c1-6-23-50(24-7-1)55-43-45-65-69(48-55)76(73-61(51-25-8-2-9-26-51)37-20-38-62(73)52-27-10-3-11-28-52)67-41-22-42-68-72(67)75(65)66-46-44-58(71-59-35-18-16-33-56(59)47-57-34-17-19-36-60(57)71)49-70(66)77(68)74-63(53-29-12-4-13-30-53)39-21-40-64(74)54-31-14-5-15-32-54/h1-49H. The van der Waals surface area contributed by atoms with Crippen LogP contribution in [0.15, 0.2) is 297 Å². The van der Waals surface area contributed by atoms with Gasteiger partial charge in [0.2, 0.25) is 0 Å². The summed E-state index contributed by atoms with van der Waals surface area (Å²) in [5, 5.41) is 4.94. The Labute approximate surface area is 450 Å². The van der Waals surface area contributed by atoms with Gasteiger partial charge in [-0.2, -0.15) is 0 Å². The average molecular weight is 977 g/mol. The summed E-state index contributed by atoms with van der Waals surface area (Å²) in [6.07, 6.45) is 0. The lowest BCUT2D eigenvalue weighted by molar-refractivity contribution is 1.25. The lowest BCUT2D eigenvalue weighted by Crippen LogP contribution is -2.61. The first-order valence-corrected chi connectivity index (χ1v) is 26.7. The van der Waals surface area contributed by atoms with E-state index in [9.17, 15) is 0 Å². The first-order valence-electron chi connectivity index (χ1n) is 26.7. The molecule has 2 nitrogen and oxygen atoms in total. The van der Waals surface area contributed by atoms with Gasteiger partial charge in [-0.1, -0.05) is 267 Å². The maximum atomic E-state index is 2.63. The van der Waals surface area contributed by atoms with Crippen LogP contribution in [0.5, 0.6) is 0 Å². The predicted octanol–water partition coefficient (Wildman–Crippen LogP) is 18.1. The predicted molar refractivity (Wildman–Crippen MR) is 328 cm³/mol. The van der Waals surface area contributed by atoms with Crippen LogP contribution >= 0.6 is 0 Å². The van der Waals surface area contributed by atoms with E-state index >= 15 is 0 Å². The van der Waals surface area contributed by atoms with Crippen LogP contribution in [-0.4, -0.2) is 6.71 Å². The fourth-order valence-corrected chi connectivity index (χ4v) is 12.7. The van der Waals surface area contributed by atoms with E-state index in [0.717, 1.165) is 61.8 Å². The summed E-state index contributed by atoms with van der Waals surface area (Å²) in [7, 11) is 0. The van der Waals surface area contributed by atoms with Gasteiger partial charge in [0.05, 0.1) is 11.4 Å². The van der Waals surface area contributed by atoms with Gasteiger partial charge in [0.15, 0.2) is 0 Å². The molecular weight excluding hydrogens is 928 g/mol. The molecule has 3 heteroatoms. The minimum absolute atomic E-state index is 0.116. The van der Waals surface area contributed by atoms with Gasteiger partial charge in [0, 0.05) is 45.0 Å². The second-order valence-electron chi connectivity index (χ2n) is 20.3. The second-order valence-corrected chi connectivity index (χ2v) is 20.3. The van der Waals surface area contributed by atoms with Crippen LogP contribution in [0.2, 0.25) is 0 Å². The Bertz CT molecular complexity index is 4220. The van der Waals surface area contributed by atoms with Crippen molar-refractivity contribution >= 4 is 78.8 Å². The van der Waals surface area contributed by atoms with Gasteiger partial charge >= 0.3 is 0 Å². The summed E-state index contributed by atoms with van der Waals surface area (Å²) < 4.78 is 0. The lowest BCUT2D eigenvalue weighted by atomic mass is 9.33. The quantitative estimate of drug-likeness (QED) is 0.111. The molecule has 0 atom stereocenters. The van der Waals surface area contributed by atoms with Gasteiger partial charge in [-0.25, -0.2) is 0 Å². The molecule has 0 bridgehead atoms. The summed E-state index contributed by atoms with van der Waals surface area (Å²) >= 11 is 0. The Morgan fingerprint density at radius 1 is 0.234 bits per heavy atom. The van der Waals surface area contributed by atoms with Gasteiger partial charge in [-0.3, -0.25) is 0 Å². The molecule has 13 aromatic carbocycles. The van der Waals surface area contributed by atoms with Gasteiger partial charge in [0.1, 0.15) is 0 Å². The number of hydrogen-bond acceptors (Lipinski definition) is 2. The number of hydrogen-bond donors (Lipinski definition) is 0. The number of benzene rings is 13. The monoisotopic (exact) mass is 976 g/mol. The van der Waals surface area contributed by atoms with Crippen molar-refractivity contribution in [3.8, 4) is 66.8 Å². The highest BCUT2D eigenvalue weighted by Gasteiger charge is 2.45. The van der Waals surface area contributed by atoms with Gasteiger partial charge in [0.25, 0.3) is 6.71 Å². The molecule has 0 amide bonds. The summed E-state index contributed by atoms with van der Waals surface area (Å²) in [6.45, 7) is -0.116. The maximum absolute atomic E-state index is 2.63. The Hall–Kier alpha value is -9.96. The van der Waals surface area contributed by atoms with Crippen LogP contribution in [-0.2, 0) is 0 Å². The third-order valence-corrected chi connectivity index (χ3v) is 16.0. The molecule has 15 rings (SSSR count). The highest BCUT2D eigenvalue weighted by Crippen LogP contribution is 2.53. The number of anilines is 6. The van der Waals surface area contributed by atoms with Crippen molar-refractivity contribution in [2.75, 3.05) is 9.80 Å². The molecule has 2 aliphatic heterocycles. The zero-order valence-electron chi connectivity index (χ0n) is 42.3. The molecule has 13 aromatic rings. The highest BCUT2D eigenvalue weighted by molar-refractivity contribution is 7.00. The van der Waals surface area contributed by atoms with Gasteiger partial charge < -0.3 is 9.80 Å². The van der Waals surface area contributed by atoms with E-state index in [2.05, 4.69) is 307 Å². The van der Waals surface area contributed by atoms with Crippen LogP contribution in [0.25, 0.3) is 88.3 Å². The summed E-state index contributed by atoms with van der Waals surface area (Å²) in [6, 6.07) is 110. The number of fused-ring (bicyclic) bond motifs is 6. The van der Waals surface area contributed by atoms with Crippen molar-refractivity contribution in [3.05, 3.63) is 297 Å². The van der Waals surface area contributed by atoms with E-state index in [-0.39, 0.29) is 6.71 Å². The molecule has 0 N–H and O–H groups in total. The molecule has 0 saturated heterocycles. The van der Waals surface area contributed by atoms with Crippen LogP contribution in [0.3, 0.4) is 0 Å². The molecule has 0 radical (unpaired) electrons. The second kappa shape index (κ2) is 18.5. The summed E-state index contributed by atoms with van der Waals surface area (Å²) in [4.78, 5) is 5.25. The smallest absolute Gasteiger partial charge is 0.252 e. The molecular formula is C74H49BN2. The lowest BCUT2D eigenvalue weighted by Gasteiger charge is -2.45. The normalized spacial score (nSPS) is 12.3. The van der Waals surface area contributed by atoms with Crippen molar-refractivity contribution < 1.29 is 0 Å². The van der Waals surface area contributed by atoms with Crippen LogP contribution in [0.4, 0.5) is 34.1 Å². The number of rotatable bonds is 8. The fourth-order valence-electron chi connectivity index (χ4n) is 12.7. The molecule has 2 aliphatic rings. The molecule has 358 valence electrons. The SMILES string of the molecule is c1ccc(-c2ccc3c(c2)N(c2c(-c4ccccc4)cccc2-c2ccccc2)c2cccc4c2B3c2ccc(-c3c5ccccc5cc5ccccc35)cc2N4c2c(-c3ccccc3)cccc2-c2ccccc2)cc1. The largest absolute Gasteiger partial charge is 0.310 e. The van der Waals surface area contributed by atoms with E-state index in [1.807, 2.05) is 0 Å². The summed E-state index contributed by atoms with van der Waals surface area (Å²) in [5.41, 5.74) is 24.8. The van der Waals surface area contributed by atoms with Crippen molar-refractivity contribution in [1.29, 1.82) is 0 Å². The van der Waals surface area contributed by atoms with Crippen molar-refractivity contribution in [2.24, 2.45) is 0 Å². The average Bonchev–Trinajstić information content (AvgIpc) is 3.55. The van der Waals surface area contributed by atoms with Crippen molar-refractivity contribution in [3.63, 3.8) is 0 Å².